The first-order valence-corrected chi connectivity index (χ1v) is 6.69. The minimum atomic E-state index is -0.365. The van der Waals surface area contributed by atoms with Crippen LogP contribution in [0.5, 0.6) is 5.75 Å². The number of likely N-dealkylation sites (N-methyl/N-ethyl adjacent to an activating group) is 1. The quantitative estimate of drug-likeness (QED) is 0.745. The molecular formula is C15H24N2O3. The van der Waals surface area contributed by atoms with Gasteiger partial charge in [-0.2, -0.15) is 0 Å². The van der Waals surface area contributed by atoms with Crippen molar-refractivity contribution in [3.8, 4) is 5.75 Å². The topological polar surface area (TPSA) is 51.7 Å². The summed E-state index contributed by atoms with van der Waals surface area (Å²) in [6.45, 7) is 7.13. The van der Waals surface area contributed by atoms with Gasteiger partial charge in [-0.3, -0.25) is 4.98 Å². The van der Waals surface area contributed by atoms with Crippen molar-refractivity contribution in [2.24, 2.45) is 0 Å². The maximum Gasteiger partial charge on any atom is 0.344 e. The fraction of sp³-hybridized carbons (Fsp3) is 0.600. The average Bonchev–Trinajstić information content (AvgIpc) is 2.35. The predicted molar refractivity (Wildman–Crippen MR) is 77.9 cm³/mol. The number of aromatic nitrogens is 1. The summed E-state index contributed by atoms with van der Waals surface area (Å²) in [7, 11) is 3.85. The van der Waals surface area contributed by atoms with E-state index in [1.54, 1.807) is 12.3 Å². The summed E-state index contributed by atoms with van der Waals surface area (Å²) in [4.78, 5) is 17.9. The Labute approximate surface area is 120 Å². The van der Waals surface area contributed by atoms with Gasteiger partial charge in [0, 0.05) is 18.2 Å². The molecule has 0 aliphatic heterocycles. The van der Waals surface area contributed by atoms with Gasteiger partial charge in [0.05, 0.1) is 5.69 Å². The molecule has 1 aromatic rings. The lowest BCUT2D eigenvalue weighted by Gasteiger charge is -2.20. The Morgan fingerprint density at radius 3 is 2.65 bits per heavy atom. The van der Waals surface area contributed by atoms with Gasteiger partial charge >= 0.3 is 5.97 Å². The van der Waals surface area contributed by atoms with Crippen molar-refractivity contribution in [3.05, 3.63) is 24.0 Å². The lowest BCUT2D eigenvalue weighted by molar-refractivity contribution is -0.146. The summed E-state index contributed by atoms with van der Waals surface area (Å²) < 4.78 is 10.6. The summed E-state index contributed by atoms with van der Waals surface area (Å²) in [5.74, 6) is 0.264. The van der Waals surface area contributed by atoms with Crippen molar-refractivity contribution in [3.63, 3.8) is 0 Å². The van der Waals surface area contributed by atoms with Gasteiger partial charge in [0.25, 0.3) is 0 Å². The number of hydrogen-bond donors (Lipinski definition) is 0. The van der Waals surface area contributed by atoms with Crippen LogP contribution in [0.15, 0.2) is 18.3 Å². The zero-order valence-electron chi connectivity index (χ0n) is 13.0. The van der Waals surface area contributed by atoms with E-state index in [1.165, 1.54) is 0 Å². The molecule has 1 heterocycles. The SMILES string of the molecule is CN(C)CCOC(=O)COc1cccnc1C(C)(C)C. The molecule has 5 nitrogen and oxygen atoms in total. The molecule has 1 rings (SSSR count). The molecule has 0 spiro atoms. The summed E-state index contributed by atoms with van der Waals surface area (Å²) in [6, 6.07) is 3.61. The zero-order valence-corrected chi connectivity index (χ0v) is 13.0. The van der Waals surface area contributed by atoms with Gasteiger partial charge in [0.1, 0.15) is 12.4 Å². The van der Waals surface area contributed by atoms with E-state index in [2.05, 4.69) is 25.8 Å². The van der Waals surface area contributed by atoms with Crippen molar-refractivity contribution in [1.29, 1.82) is 0 Å². The Balaban J connectivity index is 2.52. The van der Waals surface area contributed by atoms with E-state index < -0.39 is 0 Å². The minimum absolute atomic E-state index is 0.0950. The molecule has 0 aliphatic carbocycles. The first-order chi connectivity index (χ1) is 9.30. The number of ether oxygens (including phenoxy) is 2. The van der Waals surface area contributed by atoms with Crippen molar-refractivity contribution >= 4 is 5.97 Å². The molecule has 0 fully saturated rings. The van der Waals surface area contributed by atoms with Gasteiger partial charge in [0.15, 0.2) is 6.61 Å². The van der Waals surface area contributed by atoms with Crippen LogP contribution in [0.2, 0.25) is 0 Å². The highest BCUT2D eigenvalue weighted by Crippen LogP contribution is 2.28. The van der Waals surface area contributed by atoms with Crippen LogP contribution < -0.4 is 4.74 Å². The molecule has 0 unspecified atom stereocenters. The van der Waals surface area contributed by atoms with Gasteiger partial charge in [-0.1, -0.05) is 20.8 Å². The number of hydrogen-bond acceptors (Lipinski definition) is 5. The molecule has 112 valence electrons. The minimum Gasteiger partial charge on any atom is -0.480 e. The molecular weight excluding hydrogens is 256 g/mol. The van der Waals surface area contributed by atoms with Crippen LogP contribution in [0.3, 0.4) is 0 Å². The van der Waals surface area contributed by atoms with Crippen molar-refractivity contribution < 1.29 is 14.3 Å². The molecule has 0 radical (unpaired) electrons. The third-order valence-corrected chi connectivity index (χ3v) is 2.63. The standard InChI is InChI=1S/C15H24N2O3/c1-15(2,3)14-12(7-6-8-16-14)20-11-13(18)19-10-9-17(4)5/h6-8H,9-11H2,1-5H3. The highest BCUT2D eigenvalue weighted by atomic mass is 16.6. The largest absolute Gasteiger partial charge is 0.480 e. The van der Waals surface area contributed by atoms with Crippen LogP contribution in [0, 0.1) is 0 Å². The van der Waals surface area contributed by atoms with E-state index in [4.69, 9.17) is 9.47 Å². The highest BCUT2D eigenvalue weighted by molar-refractivity contribution is 5.71. The second kappa shape index (κ2) is 7.24. The van der Waals surface area contributed by atoms with Gasteiger partial charge < -0.3 is 14.4 Å². The molecule has 0 aliphatic rings. The molecule has 0 bridgehead atoms. The van der Waals surface area contributed by atoms with Crippen LogP contribution in [0.1, 0.15) is 26.5 Å². The third-order valence-electron chi connectivity index (χ3n) is 2.63. The second-order valence-corrected chi connectivity index (χ2v) is 5.91. The molecule has 0 saturated heterocycles. The normalized spacial score (nSPS) is 11.5. The van der Waals surface area contributed by atoms with E-state index in [1.807, 2.05) is 25.1 Å². The molecule has 0 atom stereocenters. The number of carbonyl (C=O) groups excluding carboxylic acids is 1. The number of carbonyl (C=O) groups is 1. The maximum absolute atomic E-state index is 11.6. The molecule has 0 N–H and O–H groups in total. The summed E-state index contributed by atoms with van der Waals surface area (Å²) in [5.41, 5.74) is 0.701. The van der Waals surface area contributed by atoms with E-state index >= 15 is 0 Å². The second-order valence-electron chi connectivity index (χ2n) is 5.91. The fourth-order valence-electron chi connectivity index (χ4n) is 1.59. The zero-order chi connectivity index (χ0) is 15.2. The van der Waals surface area contributed by atoms with Gasteiger partial charge in [0.2, 0.25) is 0 Å². The monoisotopic (exact) mass is 280 g/mol. The van der Waals surface area contributed by atoms with E-state index in [-0.39, 0.29) is 18.0 Å². The smallest absolute Gasteiger partial charge is 0.344 e. The van der Waals surface area contributed by atoms with Crippen molar-refractivity contribution in [1.82, 2.24) is 9.88 Å². The predicted octanol–water partition coefficient (Wildman–Crippen LogP) is 1.86. The van der Waals surface area contributed by atoms with Gasteiger partial charge in [-0.15, -0.1) is 0 Å². The summed E-state index contributed by atoms with van der Waals surface area (Å²) >= 11 is 0. The van der Waals surface area contributed by atoms with Crippen LogP contribution >= 0.6 is 0 Å². The lowest BCUT2D eigenvalue weighted by atomic mass is 9.91. The van der Waals surface area contributed by atoms with E-state index in [9.17, 15) is 4.79 Å². The fourth-order valence-corrected chi connectivity index (χ4v) is 1.59. The molecule has 1 aromatic heterocycles. The summed E-state index contributed by atoms with van der Waals surface area (Å²) in [5, 5.41) is 0. The van der Waals surface area contributed by atoms with E-state index in [0.717, 1.165) is 5.69 Å². The van der Waals surface area contributed by atoms with Crippen LogP contribution in [-0.2, 0) is 14.9 Å². The first kappa shape index (κ1) is 16.4. The molecule has 0 aromatic carbocycles. The van der Waals surface area contributed by atoms with Crippen LogP contribution in [0.4, 0.5) is 0 Å². The Bertz CT molecular complexity index is 439. The third kappa shape index (κ3) is 5.57. The molecule has 0 saturated carbocycles. The Hall–Kier alpha value is -1.62. The number of pyridine rings is 1. The first-order valence-electron chi connectivity index (χ1n) is 6.69. The van der Waals surface area contributed by atoms with Crippen LogP contribution in [0.25, 0.3) is 0 Å². The van der Waals surface area contributed by atoms with Gasteiger partial charge in [-0.05, 0) is 26.2 Å². The van der Waals surface area contributed by atoms with Crippen molar-refractivity contribution in [2.45, 2.75) is 26.2 Å². The maximum atomic E-state index is 11.6. The number of rotatable bonds is 6. The highest BCUT2D eigenvalue weighted by Gasteiger charge is 2.20. The number of nitrogens with zero attached hydrogens (tertiary/aromatic N) is 2. The molecule has 5 heteroatoms. The molecule has 20 heavy (non-hydrogen) atoms. The Morgan fingerprint density at radius 1 is 1.35 bits per heavy atom. The van der Waals surface area contributed by atoms with E-state index in [0.29, 0.717) is 18.9 Å². The van der Waals surface area contributed by atoms with Crippen molar-refractivity contribution in [2.75, 3.05) is 33.9 Å². The average molecular weight is 280 g/mol. The summed E-state index contributed by atoms with van der Waals surface area (Å²) in [6.07, 6.45) is 1.73. The number of esters is 1. The lowest BCUT2D eigenvalue weighted by Crippen LogP contribution is -2.23. The Kier molecular flexibility index (Phi) is 5.95. The van der Waals surface area contributed by atoms with Crippen LogP contribution in [-0.4, -0.2) is 49.7 Å². The Morgan fingerprint density at radius 2 is 2.05 bits per heavy atom. The molecule has 0 amide bonds. The van der Waals surface area contributed by atoms with Gasteiger partial charge in [-0.25, -0.2) is 4.79 Å².